The van der Waals surface area contributed by atoms with Crippen LogP contribution in [0.3, 0.4) is 0 Å². The number of nitrogens with one attached hydrogen (secondary N) is 1. The number of alkyl halides is 2. The van der Waals surface area contributed by atoms with E-state index in [0.29, 0.717) is 5.92 Å². The Morgan fingerprint density at radius 1 is 1.24 bits per heavy atom. The van der Waals surface area contributed by atoms with Crippen LogP contribution in [0, 0.1) is 18.7 Å². The average Bonchev–Trinajstić information content (AvgIpc) is 3.23. The molecule has 0 unspecified atom stereocenters. The lowest BCUT2D eigenvalue weighted by molar-refractivity contribution is 0.0882. The fourth-order valence-corrected chi connectivity index (χ4v) is 3.48. The van der Waals surface area contributed by atoms with Crippen LogP contribution in [0.25, 0.3) is 0 Å². The van der Waals surface area contributed by atoms with E-state index in [-0.39, 0.29) is 29.9 Å². The summed E-state index contributed by atoms with van der Waals surface area (Å²) in [5.74, 6) is 0.408. The largest absolute Gasteiger partial charge is 0.455 e. The molecule has 11 heteroatoms. The fraction of sp³-hybridized carbons (Fsp3) is 0.364. The first-order valence-electron chi connectivity index (χ1n) is 10.4. The predicted molar refractivity (Wildman–Crippen MR) is 112 cm³/mol. The van der Waals surface area contributed by atoms with Crippen LogP contribution in [-0.2, 0) is 13.0 Å². The standard InChI is InChI=1S/C22H22F3N5O3/c1-13-6-20(30-10-15(11-30)7-14-2-4-16(23)5-3-14)28-22(27-13)32-12-17-8-18(29-33-17)21(31)26-9-19(24)25/h2-6,8,15,19H,7,9-12H2,1H3,(H,26,31). The summed E-state index contributed by atoms with van der Waals surface area (Å²) in [5.41, 5.74) is 1.70. The van der Waals surface area contributed by atoms with Crippen LogP contribution >= 0.6 is 0 Å². The molecule has 0 bridgehead atoms. The summed E-state index contributed by atoms with van der Waals surface area (Å²) in [7, 11) is 0. The Morgan fingerprint density at radius 2 is 2.00 bits per heavy atom. The molecule has 1 aliphatic heterocycles. The van der Waals surface area contributed by atoms with E-state index in [1.807, 2.05) is 18.3 Å². The lowest BCUT2D eigenvalue weighted by Crippen LogP contribution is -2.48. The van der Waals surface area contributed by atoms with Gasteiger partial charge in [0.25, 0.3) is 12.3 Å². The zero-order valence-corrected chi connectivity index (χ0v) is 17.8. The predicted octanol–water partition coefficient (Wildman–Crippen LogP) is 3.16. The lowest BCUT2D eigenvalue weighted by atomic mass is 9.92. The average molecular weight is 461 g/mol. The molecule has 1 fully saturated rings. The molecule has 0 radical (unpaired) electrons. The highest BCUT2D eigenvalue weighted by molar-refractivity contribution is 5.92. The van der Waals surface area contributed by atoms with E-state index in [1.54, 1.807) is 12.1 Å². The number of aromatic nitrogens is 3. The van der Waals surface area contributed by atoms with E-state index in [4.69, 9.17) is 9.26 Å². The molecule has 1 saturated heterocycles. The van der Waals surface area contributed by atoms with Crippen molar-refractivity contribution in [3.8, 4) is 6.01 Å². The van der Waals surface area contributed by atoms with E-state index in [2.05, 4.69) is 20.0 Å². The smallest absolute Gasteiger partial charge is 0.319 e. The summed E-state index contributed by atoms with van der Waals surface area (Å²) >= 11 is 0. The van der Waals surface area contributed by atoms with Gasteiger partial charge in [-0.25, -0.2) is 18.2 Å². The van der Waals surface area contributed by atoms with Gasteiger partial charge in [-0.15, -0.1) is 0 Å². The number of carbonyl (C=O) groups excluding carboxylic acids is 1. The van der Waals surface area contributed by atoms with Crippen molar-refractivity contribution in [2.45, 2.75) is 26.4 Å². The Kier molecular flexibility index (Phi) is 6.76. The molecular weight excluding hydrogens is 439 g/mol. The van der Waals surface area contributed by atoms with Crippen molar-refractivity contribution in [2.75, 3.05) is 24.5 Å². The third-order valence-corrected chi connectivity index (χ3v) is 5.09. The van der Waals surface area contributed by atoms with Gasteiger partial charge >= 0.3 is 6.01 Å². The SMILES string of the molecule is Cc1cc(N2CC(Cc3ccc(F)cc3)C2)nc(OCc2cc(C(=O)NCC(F)F)no2)n1. The van der Waals surface area contributed by atoms with Gasteiger partial charge in [-0.2, -0.15) is 4.98 Å². The topological polar surface area (TPSA) is 93.4 Å². The molecule has 174 valence electrons. The summed E-state index contributed by atoms with van der Waals surface area (Å²) < 4.78 is 48.1. The molecule has 3 aromatic rings. The lowest BCUT2D eigenvalue weighted by Gasteiger charge is -2.40. The van der Waals surface area contributed by atoms with E-state index in [9.17, 15) is 18.0 Å². The van der Waals surface area contributed by atoms with Gasteiger partial charge in [-0.3, -0.25) is 4.79 Å². The zero-order valence-electron chi connectivity index (χ0n) is 17.8. The van der Waals surface area contributed by atoms with E-state index in [1.165, 1.54) is 18.2 Å². The molecule has 33 heavy (non-hydrogen) atoms. The zero-order chi connectivity index (χ0) is 23.4. The van der Waals surface area contributed by atoms with Crippen molar-refractivity contribution in [1.29, 1.82) is 0 Å². The number of benzene rings is 1. The van der Waals surface area contributed by atoms with E-state index in [0.717, 1.165) is 36.6 Å². The molecule has 1 aromatic carbocycles. The van der Waals surface area contributed by atoms with Gasteiger partial charge in [0.15, 0.2) is 18.1 Å². The molecule has 2 aromatic heterocycles. The Labute approximate surface area is 187 Å². The molecule has 1 aliphatic rings. The summed E-state index contributed by atoms with van der Waals surface area (Å²) in [4.78, 5) is 22.5. The minimum Gasteiger partial charge on any atom is -0.455 e. The number of amides is 1. The van der Waals surface area contributed by atoms with Gasteiger partial charge < -0.3 is 19.5 Å². The van der Waals surface area contributed by atoms with Crippen LogP contribution in [0.4, 0.5) is 19.0 Å². The molecule has 3 heterocycles. The molecule has 8 nitrogen and oxygen atoms in total. The number of nitrogens with zero attached hydrogens (tertiary/aromatic N) is 4. The van der Waals surface area contributed by atoms with Gasteiger partial charge in [0.2, 0.25) is 0 Å². The quantitative estimate of drug-likeness (QED) is 0.523. The first-order chi connectivity index (χ1) is 15.9. The normalized spacial score (nSPS) is 13.8. The van der Waals surface area contributed by atoms with Crippen LogP contribution in [0.1, 0.15) is 27.5 Å². The third kappa shape index (κ3) is 5.99. The van der Waals surface area contributed by atoms with Crippen LogP contribution in [-0.4, -0.2) is 47.1 Å². The van der Waals surface area contributed by atoms with Crippen LogP contribution in [0.15, 0.2) is 40.9 Å². The molecule has 1 amide bonds. The molecular formula is C22H22F3N5O3. The number of hydrogen-bond donors (Lipinski definition) is 1. The monoisotopic (exact) mass is 461 g/mol. The maximum Gasteiger partial charge on any atom is 0.319 e. The summed E-state index contributed by atoms with van der Waals surface area (Å²) in [5, 5.41) is 5.61. The number of ether oxygens (including phenoxy) is 1. The first kappa shape index (κ1) is 22.6. The van der Waals surface area contributed by atoms with E-state index < -0.39 is 18.9 Å². The Hall–Kier alpha value is -3.63. The minimum absolute atomic E-state index is 0.0782. The number of aryl methyl sites for hydroxylation is 1. The third-order valence-electron chi connectivity index (χ3n) is 5.09. The van der Waals surface area contributed by atoms with Gasteiger partial charge in [-0.05, 0) is 37.0 Å². The van der Waals surface area contributed by atoms with Crippen molar-refractivity contribution in [1.82, 2.24) is 20.4 Å². The highest BCUT2D eigenvalue weighted by atomic mass is 19.3. The van der Waals surface area contributed by atoms with Gasteiger partial charge in [0.05, 0.1) is 6.54 Å². The number of anilines is 1. The van der Waals surface area contributed by atoms with Gasteiger partial charge in [0.1, 0.15) is 11.6 Å². The van der Waals surface area contributed by atoms with Gasteiger partial charge in [-0.1, -0.05) is 17.3 Å². The highest BCUT2D eigenvalue weighted by Gasteiger charge is 2.28. The van der Waals surface area contributed by atoms with Gasteiger partial charge in [0, 0.05) is 30.9 Å². The molecule has 0 saturated carbocycles. The first-order valence-corrected chi connectivity index (χ1v) is 10.4. The van der Waals surface area contributed by atoms with Crippen LogP contribution in [0.5, 0.6) is 6.01 Å². The number of carbonyl (C=O) groups is 1. The fourth-order valence-electron chi connectivity index (χ4n) is 3.48. The van der Waals surface area contributed by atoms with Crippen molar-refractivity contribution < 1.29 is 27.2 Å². The molecule has 4 rings (SSSR count). The van der Waals surface area contributed by atoms with Crippen molar-refractivity contribution in [2.24, 2.45) is 5.92 Å². The van der Waals surface area contributed by atoms with Crippen molar-refractivity contribution >= 4 is 11.7 Å². The molecule has 0 aliphatic carbocycles. The molecule has 0 atom stereocenters. The Bertz CT molecular complexity index is 1100. The van der Waals surface area contributed by atoms with Crippen molar-refractivity contribution in [3.05, 3.63) is 64.9 Å². The Morgan fingerprint density at radius 3 is 2.73 bits per heavy atom. The van der Waals surface area contributed by atoms with Crippen LogP contribution < -0.4 is 15.0 Å². The minimum atomic E-state index is -2.65. The Balaban J connectivity index is 1.30. The maximum absolute atomic E-state index is 13.1. The highest BCUT2D eigenvalue weighted by Crippen LogP contribution is 2.27. The number of halogens is 3. The van der Waals surface area contributed by atoms with Crippen LogP contribution in [0.2, 0.25) is 0 Å². The summed E-state index contributed by atoms with van der Waals surface area (Å²) in [6, 6.07) is 9.86. The second kappa shape index (κ2) is 9.88. The number of hydrogen-bond acceptors (Lipinski definition) is 7. The summed E-state index contributed by atoms with van der Waals surface area (Å²) in [6.45, 7) is 2.61. The van der Waals surface area contributed by atoms with Crippen molar-refractivity contribution in [3.63, 3.8) is 0 Å². The van der Waals surface area contributed by atoms with E-state index >= 15 is 0 Å². The second-order valence-electron chi connectivity index (χ2n) is 7.82. The number of rotatable bonds is 9. The molecule has 1 N–H and O–H groups in total. The summed E-state index contributed by atoms with van der Waals surface area (Å²) in [6.07, 6.45) is -1.79. The maximum atomic E-state index is 13.1. The second-order valence-corrected chi connectivity index (χ2v) is 7.82. The molecule has 0 spiro atoms.